The molecular formula is C13H12FN3O3. The quantitative estimate of drug-likeness (QED) is 0.896. The summed E-state index contributed by atoms with van der Waals surface area (Å²) in [7, 11) is 1.70. The van der Waals surface area contributed by atoms with Crippen molar-refractivity contribution in [2.75, 3.05) is 5.32 Å². The Hall–Kier alpha value is -2.70. The summed E-state index contributed by atoms with van der Waals surface area (Å²) in [6.45, 7) is 1.73. The Labute approximate surface area is 113 Å². The Balaban J connectivity index is 2.26. The molecule has 104 valence electrons. The lowest BCUT2D eigenvalue weighted by atomic mass is 10.1. The molecule has 0 aliphatic carbocycles. The van der Waals surface area contributed by atoms with Crippen LogP contribution in [0.2, 0.25) is 0 Å². The van der Waals surface area contributed by atoms with Crippen LogP contribution in [0.5, 0.6) is 0 Å². The van der Waals surface area contributed by atoms with Crippen LogP contribution in [0.4, 0.5) is 10.1 Å². The van der Waals surface area contributed by atoms with Gasteiger partial charge in [-0.25, -0.2) is 9.18 Å². The molecule has 0 saturated carbocycles. The molecule has 1 amide bonds. The molecule has 0 fully saturated rings. The number of nitrogens with one attached hydrogen (secondary N) is 1. The third-order valence-corrected chi connectivity index (χ3v) is 2.93. The second-order valence-corrected chi connectivity index (χ2v) is 4.22. The molecule has 0 saturated heterocycles. The third kappa shape index (κ3) is 2.51. The van der Waals surface area contributed by atoms with Crippen molar-refractivity contribution in [3.63, 3.8) is 0 Å². The number of nitrogens with zero attached hydrogens (tertiary/aromatic N) is 2. The molecule has 1 aromatic carbocycles. The van der Waals surface area contributed by atoms with E-state index in [1.54, 1.807) is 18.7 Å². The van der Waals surface area contributed by atoms with Gasteiger partial charge in [-0.1, -0.05) is 0 Å². The highest BCUT2D eigenvalue weighted by molar-refractivity contribution is 6.05. The van der Waals surface area contributed by atoms with E-state index < -0.39 is 23.3 Å². The number of carboxylic acids is 1. The normalized spacial score (nSPS) is 10.3. The van der Waals surface area contributed by atoms with Gasteiger partial charge in [0.15, 0.2) is 0 Å². The van der Waals surface area contributed by atoms with Crippen LogP contribution in [0.1, 0.15) is 26.4 Å². The number of benzene rings is 1. The first-order chi connectivity index (χ1) is 9.40. The fraction of sp³-hybridized carbons (Fsp3) is 0.154. The molecule has 0 aliphatic heterocycles. The number of amides is 1. The van der Waals surface area contributed by atoms with Gasteiger partial charge in [0.05, 0.1) is 17.3 Å². The Morgan fingerprint density at radius 2 is 2.05 bits per heavy atom. The fourth-order valence-electron chi connectivity index (χ4n) is 1.69. The van der Waals surface area contributed by atoms with Gasteiger partial charge >= 0.3 is 5.97 Å². The number of rotatable bonds is 3. The lowest BCUT2D eigenvalue weighted by Crippen LogP contribution is -2.13. The van der Waals surface area contributed by atoms with Crippen LogP contribution >= 0.6 is 0 Å². The zero-order chi connectivity index (χ0) is 14.9. The molecule has 0 bridgehead atoms. The number of aryl methyl sites for hydroxylation is 1. The van der Waals surface area contributed by atoms with Crippen molar-refractivity contribution in [2.45, 2.75) is 6.92 Å². The van der Waals surface area contributed by atoms with Gasteiger partial charge in [-0.15, -0.1) is 0 Å². The summed E-state index contributed by atoms with van der Waals surface area (Å²) in [5.74, 6) is -2.68. The third-order valence-electron chi connectivity index (χ3n) is 2.93. The lowest BCUT2D eigenvalue weighted by molar-refractivity contribution is 0.0691. The largest absolute Gasteiger partial charge is 0.478 e. The summed E-state index contributed by atoms with van der Waals surface area (Å²) in [6, 6.07) is 3.36. The summed E-state index contributed by atoms with van der Waals surface area (Å²) in [4.78, 5) is 22.8. The highest BCUT2D eigenvalue weighted by atomic mass is 19.1. The molecule has 0 atom stereocenters. The molecule has 2 rings (SSSR count). The van der Waals surface area contributed by atoms with Gasteiger partial charge in [0.25, 0.3) is 5.91 Å². The molecule has 0 spiro atoms. The molecule has 2 N–H and O–H groups in total. The molecule has 6 nitrogen and oxygen atoms in total. The van der Waals surface area contributed by atoms with Gasteiger partial charge in [0.2, 0.25) is 0 Å². The van der Waals surface area contributed by atoms with E-state index in [2.05, 4.69) is 10.4 Å². The number of hydrogen-bond acceptors (Lipinski definition) is 3. The number of carbonyl (C=O) groups excluding carboxylic acids is 1. The molecule has 0 radical (unpaired) electrons. The smallest absolute Gasteiger partial charge is 0.338 e. The number of carbonyl (C=O) groups is 2. The molecule has 1 heterocycles. The zero-order valence-corrected chi connectivity index (χ0v) is 10.8. The van der Waals surface area contributed by atoms with Gasteiger partial charge in [-0.3, -0.25) is 9.48 Å². The molecule has 0 unspecified atom stereocenters. The number of aromatic carboxylic acids is 1. The van der Waals surface area contributed by atoms with Crippen molar-refractivity contribution in [1.29, 1.82) is 0 Å². The van der Waals surface area contributed by atoms with Crippen molar-refractivity contribution < 1.29 is 19.1 Å². The second-order valence-electron chi connectivity index (χ2n) is 4.22. The van der Waals surface area contributed by atoms with Crippen molar-refractivity contribution >= 4 is 17.6 Å². The first-order valence-electron chi connectivity index (χ1n) is 5.73. The first kappa shape index (κ1) is 13.7. The number of aromatic nitrogens is 2. The molecule has 0 aliphatic rings. The topological polar surface area (TPSA) is 84.2 Å². The van der Waals surface area contributed by atoms with Gasteiger partial charge in [0.1, 0.15) is 5.82 Å². The summed E-state index contributed by atoms with van der Waals surface area (Å²) >= 11 is 0. The minimum absolute atomic E-state index is 0.206. The van der Waals surface area contributed by atoms with Crippen LogP contribution < -0.4 is 5.32 Å². The van der Waals surface area contributed by atoms with E-state index in [-0.39, 0.29) is 5.69 Å². The Morgan fingerprint density at radius 1 is 1.35 bits per heavy atom. The Morgan fingerprint density at radius 3 is 2.60 bits per heavy atom. The minimum Gasteiger partial charge on any atom is -0.478 e. The molecular weight excluding hydrogens is 265 g/mol. The predicted octanol–water partition coefficient (Wildman–Crippen LogP) is 1.82. The van der Waals surface area contributed by atoms with Crippen LogP contribution in [0.15, 0.2) is 24.4 Å². The number of halogens is 1. The average molecular weight is 277 g/mol. The Kier molecular flexibility index (Phi) is 3.51. The van der Waals surface area contributed by atoms with E-state index in [9.17, 15) is 14.0 Å². The minimum atomic E-state index is -1.39. The van der Waals surface area contributed by atoms with Gasteiger partial charge in [-0.2, -0.15) is 5.10 Å². The van der Waals surface area contributed by atoms with Crippen LogP contribution in [0, 0.1) is 12.7 Å². The van der Waals surface area contributed by atoms with Crippen LogP contribution in [-0.2, 0) is 7.05 Å². The maximum atomic E-state index is 13.2. The van der Waals surface area contributed by atoms with Crippen LogP contribution in [0.3, 0.4) is 0 Å². The molecule has 1 aromatic heterocycles. The highest BCUT2D eigenvalue weighted by Crippen LogP contribution is 2.16. The van der Waals surface area contributed by atoms with E-state index in [1.165, 1.54) is 12.3 Å². The van der Waals surface area contributed by atoms with Gasteiger partial charge in [0, 0.05) is 18.4 Å². The van der Waals surface area contributed by atoms with Gasteiger partial charge in [-0.05, 0) is 25.1 Å². The van der Waals surface area contributed by atoms with Crippen LogP contribution in [-0.4, -0.2) is 26.8 Å². The predicted molar refractivity (Wildman–Crippen MR) is 69.3 cm³/mol. The molecule has 2 aromatic rings. The van der Waals surface area contributed by atoms with E-state index in [0.29, 0.717) is 11.3 Å². The van der Waals surface area contributed by atoms with Crippen molar-refractivity contribution in [2.24, 2.45) is 7.05 Å². The van der Waals surface area contributed by atoms with E-state index in [0.717, 1.165) is 12.1 Å². The fourth-order valence-corrected chi connectivity index (χ4v) is 1.69. The summed E-state index contributed by atoms with van der Waals surface area (Å²) in [5, 5.41) is 15.3. The lowest BCUT2D eigenvalue weighted by Gasteiger charge is -2.06. The summed E-state index contributed by atoms with van der Waals surface area (Å²) in [5.41, 5.74) is 0.750. The number of hydrogen-bond donors (Lipinski definition) is 2. The molecule has 20 heavy (non-hydrogen) atoms. The maximum absolute atomic E-state index is 13.2. The van der Waals surface area contributed by atoms with E-state index in [1.807, 2.05) is 0 Å². The zero-order valence-electron chi connectivity index (χ0n) is 10.8. The average Bonchev–Trinajstić information content (AvgIpc) is 2.72. The summed E-state index contributed by atoms with van der Waals surface area (Å²) < 4.78 is 14.8. The number of anilines is 1. The van der Waals surface area contributed by atoms with Crippen molar-refractivity contribution in [1.82, 2.24) is 9.78 Å². The first-order valence-corrected chi connectivity index (χ1v) is 5.73. The second kappa shape index (κ2) is 5.12. The van der Waals surface area contributed by atoms with Crippen molar-refractivity contribution in [3.05, 3.63) is 47.0 Å². The Bertz CT molecular complexity index is 694. The SMILES string of the molecule is Cc1c(C(=O)Nc2ccc(F)c(C(=O)O)c2)cnn1C. The molecule has 7 heteroatoms. The maximum Gasteiger partial charge on any atom is 0.338 e. The van der Waals surface area contributed by atoms with Gasteiger partial charge < -0.3 is 10.4 Å². The van der Waals surface area contributed by atoms with Crippen molar-refractivity contribution in [3.8, 4) is 0 Å². The van der Waals surface area contributed by atoms with Crippen LogP contribution in [0.25, 0.3) is 0 Å². The standard InChI is InChI=1S/C13H12FN3O3/c1-7-10(6-15-17(7)2)12(18)16-8-3-4-11(14)9(5-8)13(19)20/h3-6H,1-2H3,(H,16,18)(H,19,20). The number of carboxylic acid groups (broad SMARTS) is 1. The highest BCUT2D eigenvalue weighted by Gasteiger charge is 2.15. The summed E-state index contributed by atoms with van der Waals surface area (Å²) in [6.07, 6.45) is 1.41. The van der Waals surface area contributed by atoms with E-state index >= 15 is 0 Å². The monoisotopic (exact) mass is 277 g/mol. The van der Waals surface area contributed by atoms with E-state index in [4.69, 9.17) is 5.11 Å².